The summed E-state index contributed by atoms with van der Waals surface area (Å²) in [7, 11) is 0. The lowest BCUT2D eigenvalue weighted by molar-refractivity contribution is 0.165. The van der Waals surface area contributed by atoms with E-state index >= 15 is 0 Å². The molecule has 3 fully saturated rings. The fourth-order valence-electron chi connectivity index (χ4n) is 4.71. The molecule has 0 aromatic carbocycles. The molecule has 0 aromatic heterocycles. The van der Waals surface area contributed by atoms with Crippen molar-refractivity contribution in [3.63, 3.8) is 0 Å². The second-order valence-corrected chi connectivity index (χ2v) is 8.81. The minimum absolute atomic E-state index is 1.01. The predicted octanol–water partition coefficient (Wildman–Crippen LogP) is 7.23. The molecule has 3 aliphatic carbocycles. The lowest BCUT2D eigenvalue weighted by Gasteiger charge is -2.35. The maximum Gasteiger partial charge on any atom is -0.0381 e. The van der Waals surface area contributed by atoms with Crippen molar-refractivity contribution in [2.75, 3.05) is 0 Å². The van der Waals surface area contributed by atoms with Crippen molar-refractivity contribution < 1.29 is 0 Å². The van der Waals surface area contributed by atoms with Gasteiger partial charge in [0.15, 0.2) is 0 Å². The first kappa shape index (κ1) is 17.4. The molecule has 3 rings (SSSR count). The summed E-state index contributed by atoms with van der Waals surface area (Å²) in [4.78, 5) is 0. The van der Waals surface area contributed by atoms with Gasteiger partial charge in [-0.15, -0.1) is 0 Å². The summed E-state index contributed by atoms with van der Waals surface area (Å²) in [5.74, 6) is 5.27. The van der Waals surface area contributed by atoms with Gasteiger partial charge in [0.25, 0.3) is 0 Å². The van der Waals surface area contributed by atoms with E-state index < -0.39 is 0 Å². The topological polar surface area (TPSA) is 0 Å². The van der Waals surface area contributed by atoms with Crippen molar-refractivity contribution in [2.24, 2.45) is 29.6 Å². The molecule has 0 heteroatoms. The minimum atomic E-state index is 1.01. The first-order valence-electron chi connectivity index (χ1n) is 10.1. The molecular weight excluding hydrogens is 252 g/mol. The summed E-state index contributed by atoms with van der Waals surface area (Å²) in [5.41, 5.74) is 0. The van der Waals surface area contributed by atoms with Crippen LogP contribution in [0.1, 0.15) is 104 Å². The quantitative estimate of drug-likeness (QED) is 0.447. The predicted molar refractivity (Wildman–Crippen MR) is 94.5 cm³/mol. The Balaban J connectivity index is 0.000000173. The summed E-state index contributed by atoms with van der Waals surface area (Å²) in [6.45, 7) is 7.30. The van der Waals surface area contributed by atoms with Gasteiger partial charge in [-0.1, -0.05) is 91.4 Å². The van der Waals surface area contributed by atoms with Crippen LogP contribution in [0.2, 0.25) is 0 Å². The highest BCUT2D eigenvalue weighted by atomic mass is 14.4. The monoisotopic (exact) mass is 292 g/mol. The van der Waals surface area contributed by atoms with Gasteiger partial charge < -0.3 is 0 Å². The van der Waals surface area contributed by atoms with E-state index in [0.29, 0.717) is 0 Å². The molecule has 0 amide bonds. The molecule has 3 saturated carbocycles. The molecule has 2 unspecified atom stereocenters. The Labute approximate surface area is 134 Å². The molecular formula is C21H40. The van der Waals surface area contributed by atoms with E-state index in [2.05, 4.69) is 20.8 Å². The van der Waals surface area contributed by atoms with Gasteiger partial charge in [-0.2, -0.15) is 0 Å². The van der Waals surface area contributed by atoms with Crippen LogP contribution in [-0.2, 0) is 0 Å². The summed E-state index contributed by atoms with van der Waals surface area (Å²) >= 11 is 0. The second kappa shape index (κ2) is 9.21. The first-order chi connectivity index (χ1) is 10.1. The molecule has 0 N–H and O–H groups in total. The van der Waals surface area contributed by atoms with Crippen LogP contribution in [0.3, 0.4) is 0 Å². The van der Waals surface area contributed by atoms with Crippen LogP contribution >= 0.6 is 0 Å². The van der Waals surface area contributed by atoms with Crippen LogP contribution in [0.4, 0.5) is 0 Å². The maximum absolute atomic E-state index is 2.46. The largest absolute Gasteiger partial charge is 0.0625 e. The van der Waals surface area contributed by atoms with Crippen molar-refractivity contribution in [3.05, 3.63) is 0 Å². The van der Waals surface area contributed by atoms with E-state index in [9.17, 15) is 0 Å². The zero-order chi connectivity index (χ0) is 15.1. The van der Waals surface area contributed by atoms with Gasteiger partial charge in [0.05, 0.1) is 0 Å². The van der Waals surface area contributed by atoms with Crippen molar-refractivity contribution in [1.29, 1.82) is 0 Å². The normalized spacial score (nSPS) is 35.9. The molecule has 0 nitrogen and oxygen atoms in total. The van der Waals surface area contributed by atoms with E-state index in [1.165, 1.54) is 70.6 Å². The van der Waals surface area contributed by atoms with E-state index in [1.807, 2.05) is 0 Å². The summed E-state index contributed by atoms with van der Waals surface area (Å²) in [6, 6.07) is 0. The van der Waals surface area contributed by atoms with E-state index in [4.69, 9.17) is 0 Å². The highest BCUT2D eigenvalue weighted by Gasteiger charge is 2.31. The Hall–Kier alpha value is 0. The molecule has 21 heavy (non-hydrogen) atoms. The molecule has 0 bridgehead atoms. The lowest BCUT2D eigenvalue weighted by atomic mass is 9.71. The van der Waals surface area contributed by atoms with Crippen LogP contribution in [0.5, 0.6) is 0 Å². The highest BCUT2D eigenvalue weighted by molar-refractivity contribution is 4.82. The molecule has 0 spiro atoms. The number of rotatable bonds is 1. The van der Waals surface area contributed by atoms with Crippen LogP contribution in [0.25, 0.3) is 0 Å². The second-order valence-electron chi connectivity index (χ2n) is 8.81. The van der Waals surface area contributed by atoms with E-state index in [0.717, 1.165) is 29.6 Å². The third kappa shape index (κ3) is 6.33. The Bertz CT molecular complexity index is 245. The van der Waals surface area contributed by atoms with Crippen LogP contribution in [0, 0.1) is 29.6 Å². The molecule has 0 aliphatic heterocycles. The Morgan fingerprint density at radius 1 is 0.429 bits per heavy atom. The summed E-state index contributed by atoms with van der Waals surface area (Å²) in [6.07, 6.45) is 19.6. The fraction of sp³-hybridized carbons (Fsp3) is 1.00. The molecule has 0 aromatic rings. The summed E-state index contributed by atoms with van der Waals surface area (Å²) < 4.78 is 0. The van der Waals surface area contributed by atoms with Crippen LogP contribution < -0.4 is 0 Å². The third-order valence-electron chi connectivity index (χ3n) is 6.52. The zero-order valence-corrected chi connectivity index (χ0v) is 15.1. The Kier molecular flexibility index (Phi) is 7.61. The van der Waals surface area contributed by atoms with Crippen molar-refractivity contribution in [1.82, 2.24) is 0 Å². The molecule has 2 atom stereocenters. The molecule has 0 saturated heterocycles. The average Bonchev–Trinajstić information content (AvgIpc) is 2.70. The minimum Gasteiger partial charge on any atom is -0.0625 e. The maximum atomic E-state index is 2.46. The fourth-order valence-corrected chi connectivity index (χ4v) is 4.71. The number of hydrogen-bond donors (Lipinski definition) is 0. The first-order valence-corrected chi connectivity index (χ1v) is 10.1. The van der Waals surface area contributed by atoms with Gasteiger partial charge >= 0.3 is 0 Å². The number of hydrogen-bond acceptors (Lipinski definition) is 0. The lowest BCUT2D eigenvalue weighted by Crippen LogP contribution is -2.23. The van der Waals surface area contributed by atoms with Gasteiger partial charge in [-0.25, -0.2) is 0 Å². The standard InChI is InChI=1S/C13H24.C8H16/c1-10-6-7-11(2)9-13(8-10)12-4-3-5-12;1-8-6-4-2-3-5-7-8/h10-13H,3-9H2,1-2H3;8H,2-7H2,1H3. The molecule has 124 valence electrons. The smallest absolute Gasteiger partial charge is 0.0381 e. The molecule has 0 radical (unpaired) electrons. The van der Waals surface area contributed by atoms with Gasteiger partial charge in [-0.05, 0) is 42.4 Å². The highest BCUT2D eigenvalue weighted by Crippen LogP contribution is 2.43. The molecule has 3 aliphatic rings. The summed E-state index contributed by atoms with van der Waals surface area (Å²) in [5, 5.41) is 0. The van der Waals surface area contributed by atoms with E-state index in [1.54, 1.807) is 12.8 Å². The Morgan fingerprint density at radius 3 is 1.38 bits per heavy atom. The van der Waals surface area contributed by atoms with Crippen molar-refractivity contribution >= 4 is 0 Å². The van der Waals surface area contributed by atoms with Crippen molar-refractivity contribution in [3.8, 4) is 0 Å². The van der Waals surface area contributed by atoms with Crippen molar-refractivity contribution in [2.45, 2.75) is 104 Å². The average molecular weight is 293 g/mol. The van der Waals surface area contributed by atoms with Crippen LogP contribution in [-0.4, -0.2) is 0 Å². The van der Waals surface area contributed by atoms with Gasteiger partial charge in [0.2, 0.25) is 0 Å². The van der Waals surface area contributed by atoms with Gasteiger partial charge in [0, 0.05) is 0 Å². The van der Waals surface area contributed by atoms with Gasteiger partial charge in [-0.3, -0.25) is 0 Å². The molecule has 0 heterocycles. The van der Waals surface area contributed by atoms with Crippen LogP contribution in [0.15, 0.2) is 0 Å². The van der Waals surface area contributed by atoms with Gasteiger partial charge in [0.1, 0.15) is 0 Å². The Morgan fingerprint density at radius 2 is 0.952 bits per heavy atom. The zero-order valence-electron chi connectivity index (χ0n) is 15.1. The SMILES string of the molecule is CC1CCC(C)CC(C2CCC2)C1.CC1CCCCCC1. The third-order valence-corrected chi connectivity index (χ3v) is 6.52. The van der Waals surface area contributed by atoms with E-state index in [-0.39, 0.29) is 0 Å².